The second-order valence-corrected chi connectivity index (χ2v) is 6.32. The predicted octanol–water partition coefficient (Wildman–Crippen LogP) is 3.70. The summed E-state index contributed by atoms with van der Waals surface area (Å²) in [6.45, 7) is 5.73. The van der Waals surface area contributed by atoms with Gasteiger partial charge in [-0.2, -0.15) is 0 Å². The SMILES string of the molecule is COc1ccc(NC(=O)CCN(C(C)=O)c2cc(C)ccc2C)c(OC)c1. The summed E-state index contributed by atoms with van der Waals surface area (Å²) in [5.41, 5.74) is 3.45. The van der Waals surface area contributed by atoms with E-state index >= 15 is 0 Å². The number of hydrogen-bond acceptors (Lipinski definition) is 4. The van der Waals surface area contributed by atoms with Gasteiger partial charge in [-0.15, -0.1) is 0 Å². The minimum Gasteiger partial charge on any atom is -0.497 e. The lowest BCUT2D eigenvalue weighted by atomic mass is 10.1. The van der Waals surface area contributed by atoms with Crippen LogP contribution in [0, 0.1) is 13.8 Å². The molecule has 0 spiro atoms. The highest BCUT2D eigenvalue weighted by molar-refractivity contribution is 5.96. The van der Waals surface area contributed by atoms with Crippen molar-refractivity contribution in [1.29, 1.82) is 0 Å². The molecule has 2 rings (SSSR count). The first kappa shape index (κ1) is 20.3. The molecule has 0 radical (unpaired) electrons. The number of amides is 2. The number of nitrogens with one attached hydrogen (secondary N) is 1. The number of benzene rings is 2. The number of carbonyl (C=O) groups is 2. The lowest BCUT2D eigenvalue weighted by molar-refractivity contribution is -0.117. The highest BCUT2D eigenvalue weighted by atomic mass is 16.5. The van der Waals surface area contributed by atoms with Crippen molar-refractivity contribution in [1.82, 2.24) is 0 Å². The van der Waals surface area contributed by atoms with Crippen molar-refractivity contribution < 1.29 is 19.1 Å². The molecule has 0 atom stereocenters. The highest BCUT2D eigenvalue weighted by Gasteiger charge is 2.16. The maximum absolute atomic E-state index is 12.4. The second-order valence-electron chi connectivity index (χ2n) is 6.32. The molecular weight excluding hydrogens is 344 g/mol. The van der Waals surface area contributed by atoms with Crippen LogP contribution in [0.1, 0.15) is 24.5 Å². The molecule has 2 aromatic rings. The van der Waals surface area contributed by atoms with Gasteiger partial charge in [0.15, 0.2) is 0 Å². The molecule has 0 heterocycles. The summed E-state index contributed by atoms with van der Waals surface area (Å²) in [6.07, 6.45) is 0.169. The van der Waals surface area contributed by atoms with Gasteiger partial charge in [-0.05, 0) is 43.2 Å². The number of hydrogen-bond donors (Lipinski definition) is 1. The molecule has 6 nitrogen and oxygen atoms in total. The van der Waals surface area contributed by atoms with Gasteiger partial charge < -0.3 is 19.7 Å². The van der Waals surface area contributed by atoms with Crippen LogP contribution in [0.4, 0.5) is 11.4 Å². The van der Waals surface area contributed by atoms with E-state index in [4.69, 9.17) is 9.47 Å². The standard InChI is InChI=1S/C21H26N2O4/c1-14-6-7-15(2)19(12-14)23(16(3)24)11-10-21(25)22-18-9-8-17(26-4)13-20(18)27-5/h6-9,12-13H,10-11H2,1-5H3,(H,22,25). The molecule has 144 valence electrons. The van der Waals surface area contributed by atoms with Gasteiger partial charge in [-0.25, -0.2) is 0 Å². The number of rotatable bonds is 7. The van der Waals surface area contributed by atoms with Crippen molar-refractivity contribution in [2.75, 3.05) is 31.0 Å². The van der Waals surface area contributed by atoms with E-state index in [1.165, 1.54) is 14.0 Å². The lowest BCUT2D eigenvalue weighted by Gasteiger charge is -2.23. The summed E-state index contributed by atoms with van der Waals surface area (Å²) in [5, 5.41) is 2.83. The number of methoxy groups -OCH3 is 2. The van der Waals surface area contributed by atoms with Crippen LogP contribution < -0.4 is 19.7 Å². The van der Waals surface area contributed by atoms with Crippen molar-refractivity contribution in [3.05, 3.63) is 47.5 Å². The topological polar surface area (TPSA) is 67.9 Å². The molecular formula is C21H26N2O4. The summed E-state index contributed by atoms with van der Waals surface area (Å²) in [7, 11) is 3.10. The Labute approximate surface area is 160 Å². The van der Waals surface area contributed by atoms with E-state index in [2.05, 4.69) is 5.32 Å². The third-order valence-corrected chi connectivity index (χ3v) is 4.28. The third-order valence-electron chi connectivity index (χ3n) is 4.28. The zero-order valence-corrected chi connectivity index (χ0v) is 16.5. The van der Waals surface area contributed by atoms with Crippen LogP contribution in [0.25, 0.3) is 0 Å². The van der Waals surface area contributed by atoms with E-state index in [1.54, 1.807) is 30.2 Å². The monoisotopic (exact) mass is 370 g/mol. The maximum atomic E-state index is 12.4. The Kier molecular flexibility index (Phi) is 6.82. The average Bonchev–Trinajstić information content (AvgIpc) is 2.64. The van der Waals surface area contributed by atoms with Gasteiger partial charge in [0.1, 0.15) is 11.5 Å². The van der Waals surface area contributed by atoms with Gasteiger partial charge in [-0.1, -0.05) is 12.1 Å². The zero-order chi connectivity index (χ0) is 20.0. The van der Waals surface area contributed by atoms with Gasteiger partial charge in [0.2, 0.25) is 11.8 Å². The molecule has 1 N–H and O–H groups in total. The molecule has 2 amide bonds. The van der Waals surface area contributed by atoms with Crippen molar-refractivity contribution in [2.24, 2.45) is 0 Å². The van der Waals surface area contributed by atoms with Crippen molar-refractivity contribution in [3.8, 4) is 11.5 Å². The number of anilines is 2. The molecule has 0 saturated heterocycles. The molecule has 0 aliphatic heterocycles. The molecule has 0 bridgehead atoms. The lowest BCUT2D eigenvalue weighted by Crippen LogP contribution is -2.32. The van der Waals surface area contributed by atoms with Crippen LogP contribution in [0.3, 0.4) is 0 Å². The molecule has 0 aromatic heterocycles. The van der Waals surface area contributed by atoms with E-state index in [0.717, 1.165) is 16.8 Å². The van der Waals surface area contributed by atoms with Crippen molar-refractivity contribution in [2.45, 2.75) is 27.2 Å². The van der Waals surface area contributed by atoms with Crippen molar-refractivity contribution >= 4 is 23.2 Å². The van der Waals surface area contributed by atoms with Gasteiger partial charge >= 0.3 is 0 Å². The predicted molar refractivity (Wildman–Crippen MR) is 107 cm³/mol. The summed E-state index contributed by atoms with van der Waals surface area (Å²) >= 11 is 0. The fourth-order valence-corrected chi connectivity index (χ4v) is 2.79. The first-order valence-electron chi connectivity index (χ1n) is 8.73. The Balaban J connectivity index is 2.09. The molecule has 0 unspecified atom stereocenters. The smallest absolute Gasteiger partial charge is 0.226 e. The van der Waals surface area contributed by atoms with Gasteiger partial charge in [0, 0.05) is 31.6 Å². The van der Waals surface area contributed by atoms with E-state index in [-0.39, 0.29) is 18.2 Å². The minimum atomic E-state index is -0.199. The number of aryl methyl sites for hydroxylation is 2. The van der Waals surface area contributed by atoms with E-state index in [9.17, 15) is 9.59 Å². The van der Waals surface area contributed by atoms with Crippen LogP contribution in [0.2, 0.25) is 0 Å². The largest absolute Gasteiger partial charge is 0.497 e. The second kappa shape index (κ2) is 9.07. The normalized spacial score (nSPS) is 10.3. The molecule has 0 saturated carbocycles. The third kappa shape index (κ3) is 5.23. The first-order chi connectivity index (χ1) is 12.8. The maximum Gasteiger partial charge on any atom is 0.226 e. The van der Waals surface area contributed by atoms with Gasteiger partial charge in [0.05, 0.1) is 19.9 Å². The molecule has 6 heteroatoms. The number of ether oxygens (including phenoxy) is 2. The molecule has 0 fully saturated rings. The van der Waals surface area contributed by atoms with Crippen molar-refractivity contribution in [3.63, 3.8) is 0 Å². The molecule has 2 aromatic carbocycles. The summed E-state index contributed by atoms with van der Waals surface area (Å²) < 4.78 is 10.4. The Bertz CT molecular complexity index is 833. The highest BCUT2D eigenvalue weighted by Crippen LogP contribution is 2.29. The molecule has 27 heavy (non-hydrogen) atoms. The van der Waals surface area contributed by atoms with Crippen LogP contribution in [0.5, 0.6) is 11.5 Å². The Morgan fingerprint density at radius 1 is 1.04 bits per heavy atom. The molecule has 0 aliphatic rings. The fourth-order valence-electron chi connectivity index (χ4n) is 2.79. The van der Waals surface area contributed by atoms with Gasteiger partial charge in [-0.3, -0.25) is 9.59 Å². The summed E-state index contributed by atoms with van der Waals surface area (Å²) in [4.78, 5) is 26.2. The van der Waals surface area contributed by atoms with Crippen LogP contribution >= 0.6 is 0 Å². The average molecular weight is 370 g/mol. The minimum absolute atomic E-state index is 0.0986. The Hall–Kier alpha value is -3.02. The van der Waals surface area contributed by atoms with Crippen LogP contribution in [-0.2, 0) is 9.59 Å². The van der Waals surface area contributed by atoms with Crippen LogP contribution in [-0.4, -0.2) is 32.6 Å². The number of carbonyl (C=O) groups excluding carboxylic acids is 2. The zero-order valence-electron chi connectivity index (χ0n) is 16.5. The van der Waals surface area contributed by atoms with Gasteiger partial charge in [0.25, 0.3) is 0 Å². The Morgan fingerprint density at radius 3 is 2.41 bits per heavy atom. The fraction of sp³-hybridized carbons (Fsp3) is 0.333. The van der Waals surface area contributed by atoms with E-state index in [1.807, 2.05) is 32.0 Å². The quantitative estimate of drug-likeness (QED) is 0.807. The van der Waals surface area contributed by atoms with Crippen LogP contribution in [0.15, 0.2) is 36.4 Å². The summed E-state index contributed by atoms with van der Waals surface area (Å²) in [5.74, 6) is 0.858. The molecule has 0 aliphatic carbocycles. The Morgan fingerprint density at radius 2 is 1.78 bits per heavy atom. The summed E-state index contributed by atoms with van der Waals surface area (Å²) in [6, 6.07) is 11.1. The van der Waals surface area contributed by atoms with E-state index in [0.29, 0.717) is 23.7 Å². The first-order valence-corrected chi connectivity index (χ1v) is 8.73. The van der Waals surface area contributed by atoms with E-state index < -0.39 is 0 Å². The number of nitrogens with zero attached hydrogens (tertiary/aromatic N) is 1.